The molecule has 0 aliphatic carbocycles. The predicted molar refractivity (Wildman–Crippen MR) is 88.3 cm³/mol. The van der Waals surface area contributed by atoms with Crippen molar-refractivity contribution in [3.05, 3.63) is 96.1 Å². The highest BCUT2D eigenvalue weighted by molar-refractivity contribution is 5.69. The highest BCUT2D eigenvalue weighted by Gasteiger charge is 1.95. The lowest BCUT2D eigenvalue weighted by Gasteiger charge is -2.05. The van der Waals surface area contributed by atoms with Crippen molar-refractivity contribution < 1.29 is 4.74 Å². The molecule has 0 saturated carbocycles. The minimum absolute atomic E-state index is 0.845. The van der Waals surface area contributed by atoms with E-state index in [0.29, 0.717) is 0 Å². The molecule has 0 aliphatic rings. The maximum Gasteiger partial charge on any atom is 0.127 e. The third kappa shape index (κ3) is 3.83. The highest BCUT2D eigenvalue weighted by atomic mass is 16.5. The average Bonchev–Trinajstić information content (AvgIpc) is 2.56. The summed E-state index contributed by atoms with van der Waals surface area (Å²) >= 11 is 0. The number of hydrogen-bond acceptors (Lipinski definition) is 1. The smallest absolute Gasteiger partial charge is 0.127 e. The summed E-state index contributed by atoms with van der Waals surface area (Å²) < 4.78 is 5.77. The van der Waals surface area contributed by atoms with Crippen molar-refractivity contribution in [2.75, 3.05) is 0 Å². The molecule has 0 aromatic heterocycles. The van der Waals surface area contributed by atoms with Gasteiger partial charge >= 0.3 is 0 Å². The molecule has 0 atom stereocenters. The van der Waals surface area contributed by atoms with Crippen molar-refractivity contribution in [1.82, 2.24) is 0 Å². The van der Waals surface area contributed by atoms with Crippen molar-refractivity contribution >= 4 is 12.2 Å². The SMILES string of the molecule is C(=C\c1ccc(Oc2ccccc2)cc1)/c1ccccc1. The Kier molecular flexibility index (Phi) is 4.13. The van der Waals surface area contributed by atoms with Crippen LogP contribution in [-0.4, -0.2) is 0 Å². The average molecular weight is 272 g/mol. The fourth-order valence-corrected chi connectivity index (χ4v) is 2.03. The van der Waals surface area contributed by atoms with Crippen molar-refractivity contribution in [3.63, 3.8) is 0 Å². The Morgan fingerprint density at radius 2 is 0.952 bits per heavy atom. The zero-order chi connectivity index (χ0) is 14.3. The lowest BCUT2D eigenvalue weighted by atomic mass is 10.1. The maximum absolute atomic E-state index is 5.77. The summed E-state index contributed by atoms with van der Waals surface area (Å²) in [4.78, 5) is 0. The van der Waals surface area contributed by atoms with Crippen LogP contribution in [0.25, 0.3) is 12.2 Å². The van der Waals surface area contributed by atoms with Gasteiger partial charge in [-0.2, -0.15) is 0 Å². The Hall–Kier alpha value is -2.80. The van der Waals surface area contributed by atoms with Gasteiger partial charge in [-0.3, -0.25) is 0 Å². The van der Waals surface area contributed by atoms with Crippen LogP contribution in [0.5, 0.6) is 11.5 Å². The molecule has 0 amide bonds. The lowest BCUT2D eigenvalue weighted by molar-refractivity contribution is 0.482. The molecular weight excluding hydrogens is 256 g/mol. The molecule has 0 saturated heterocycles. The first-order chi connectivity index (χ1) is 10.4. The van der Waals surface area contributed by atoms with Crippen LogP contribution >= 0.6 is 0 Å². The van der Waals surface area contributed by atoms with E-state index in [4.69, 9.17) is 4.74 Å². The summed E-state index contributed by atoms with van der Waals surface area (Å²) in [7, 11) is 0. The van der Waals surface area contributed by atoms with E-state index < -0.39 is 0 Å². The third-order valence-electron chi connectivity index (χ3n) is 3.13. The fraction of sp³-hybridized carbons (Fsp3) is 0. The molecule has 3 aromatic rings. The summed E-state index contributed by atoms with van der Waals surface area (Å²) in [5.74, 6) is 1.70. The molecule has 21 heavy (non-hydrogen) atoms. The van der Waals surface area contributed by atoms with E-state index in [1.165, 1.54) is 5.56 Å². The largest absolute Gasteiger partial charge is 0.457 e. The molecule has 0 fully saturated rings. The quantitative estimate of drug-likeness (QED) is 0.558. The molecule has 0 bridgehead atoms. The zero-order valence-corrected chi connectivity index (χ0v) is 11.6. The Morgan fingerprint density at radius 1 is 0.476 bits per heavy atom. The van der Waals surface area contributed by atoms with E-state index in [0.717, 1.165) is 17.1 Å². The first-order valence-corrected chi connectivity index (χ1v) is 6.96. The number of para-hydroxylation sites is 1. The Bertz CT molecular complexity index is 698. The molecule has 0 radical (unpaired) electrons. The van der Waals surface area contributed by atoms with E-state index >= 15 is 0 Å². The minimum atomic E-state index is 0.845. The van der Waals surface area contributed by atoms with Crippen LogP contribution in [0, 0.1) is 0 Å². The minimum Gasteiger partial charge on any atom is -0.457 e. The molecule has 1 heteroatoms. The topological polar surface area (TPSA) is 9.23 Å². The van der Waals surface area contributed by atoms with Crippen molar-refractivity contribution in [2.24, 2.45) is 0 Å². The normalized spacial score (nSPS) is 10.7. The van der Waals surface area contributed by atoms with Crippen LogP contribution in [0.1, 0.15) is 11.1 Å². The van der Waals surface area contributed by atoms with Gasteiger partial charge in [0.05, 0.1) is 0 Å². The Labute approximate surface area is 125 Å². The number of benzene rings is 3. The number of ether oxygens (including phenoxy) is 1. The Morgan fingerprint density at radius 3 is 1.57 bits per heavy atom. The molecule has 0 heterocycles. The van der Waals surface area contributed by atoms with E-state index in [9.17, 15) is 0 Å². The molecule has 0 spiro atoms. The van der Waals surface area contributed by atoms with Crippen LogP contribution in [0.15, 0.2) is 84.9 Å². The van der Waals surface area contributed by atoms with Crippen LogP contribution in [0.4, 0.5) is 0 Å². The van der Waals surface area contributed by atoms with Gasteiger partial charge in [0.1, 0.15) is 11.5 Å². The molecule has 0 aliphatic heterocycles. The second kappa shape index (κ2) is 6.58. The number of hydrogen-bond donors (Lipinski definition) is 0. The van der Waals surface area contributed by atoms with Gasteiger partial charge < -0.3 is 4.74 Å². The van der Waals surface area contributed by atoms with Crippen molar-refractivity contribution in [1.29, 1.82) is 0 Å². The highest BCUT2D eigenvalue weighted by Crippen LogP contribution is 2.21. The van der Waals surface area contributed by atoms with Gasteiger partial charge in [-0.15, -0.1) is 0 Å². The molecule has 102 valence electrons. The van der Waals surface area contributed by atoms with Crippen LogP contribution in [-0.2, 0) is 0 Å². The first kappa shape index (κ1) is 13.2. The van der Waals surface area contributed by atoms with Gasteiger partial charge in [-0.25, -0.2) is 0 Å². The van der Waals surface area contributed by atoms with Gasteiger partial charge in [0.15, 0.2) is 0 Å². The van der Waals surface area contributed by atoms with Crippen molar-refractivity contribution in [3.8, 4) is 11.5 Å². The van der Waals surface area contributed by atoms with Gasteiger partial charge in [-0.05, 0) is 35.4 Å². The summed E-state index contributed by atoms with van der Waals surface area (Å²) in [6, 6.07) is 28.1. The van der Waals surface area contributed by atoms with E-state index in [1.54, 1.807) is 0 Å². The molecule has 3 rings (SSSR count). The fourth-order valence-electron chi connectivity index (χ4n) is 2.03. The Balaban J connectivity index is 1.68. The van der Waals surface area contributed by atoms with Crippen LogP contribution in [0.3, 0.4) is 0 Å². The second-order valence-corrected chi connectivity index (χ2v) is 4.73. The second-order valence-electron chi connectivity index (χ2n) is 4.73. The van der Waals surface area contributed by atoms with Crippen LogP contribution < -0.4 is 4.74 Å². The molecular formula is C20H16O. The van der Waals surface area contributed by atoms with E-state index in [2.05, 4.69) is 36.4 Å². The summed E-state index contributed by atoms with van der Waals surface area (Å²) in [6.45, 7) is 0. The van der Waals surface area contributed by atoms with Gasteiger partial charge in [-0.1, -0.05) is 72.8 Å². The van der Waals surface area contributed by atoms with Gasteiger partial charge in [0.25, 0.3) is 0 Å². The summed E-state index contributed by atoms with van der Waals surface area (Å²) in [6.07, 6.45) is 4.20. The monoisotopic (exact) mass is 272 g/mol. The molecule has 1 nitrogen and oxygen atoms in total. The first-order valence-electron chi connectivity index (χ1n) is 6.96. The molecule has 0 N–H and O–H groups in total. The van der Waals surface area contributed by atoms with Gasteiger partial charge in [0, 0.05) is 0 Å². The molecule has 0 unspecified atom stereocenters. The van der Waals surface area contributed by atoms with E-state index in [-0.39, 0.29) is 0 Å². The standard InChI is InChI=1S/C20H16O/c1-3-7-17(8-4-1)11-12-18-13-15-20(16-14-18)21-19-9-5-2-6-10-19/h1-16H/b12-11+. The zero-order valence-electron chi connectivity index (χ0n) is 11.6. The number of rotatable bonds is 4. The maximum atomic E-state index is 5.77. The summed E-state index contributed by atoms with van der Waals surface area (Å²) in [5.41, 5.74) is 2.35. The predicted octanol–water partition coefficient (Wildman–Crippen LogP) is 5.65. The van der Waals surface area contributed by atoms with Crippen molar-refractivity contribution in [2.45, 2.75) is 0 Å². The van der Waals surface area contributed by atoms with Gasteiger partial charge in [0.2, 0.25) is 0 Å². The van der Waals surface area contributed by atoms with Crippen LogP contribution in [0.2, 0.25) is 0 Å². The lowest BCUT2D eigenvalue weighted by Crippen LogP contribution is -1.83. The molecule has 3 aromatic carbocycles. The third-order valence-corrected chi connectivity index (χ3v) is 3.13. The summed E-state index contributed by atoms with van der Waals surface area (Å²) in [5, 5.41) is 0. The van der Waals surface area contributed by atoms with E-state index in [1.807, 2.05) is 60.7 Å².